The van der Waals surface area contributed by atoms with Gasteiger partial charge in [0.1, 0.15) is 5.56 Å². The molecule has 0 heterocycles. The number of nitrogens with two attached hydrogens (primary N) is 1. The molecule has 0 unspecified atom stereocenters. The SMILES string of the molecule is CC(C)(C)CCOC(=O)c1cccc(N)c1O. The van der Waals surface area contributed by atoms with Gasteiger partial charge in [0.05, 0.1) is 12.3 Å². The average Bonchev–Trinajstić information content (AvgIpc) is 2.20. The lowest BCUT2D eigenvalue weighted by Gasteiger charge is -2.17. The Balaban J connectivity index is 2.62. The molecule has 1 aromatic carbocycles. The van der Waals surface area contributed by atoms with E-state index in [4.69, 9.17) is 10.5 Å². The molecule has 0 amide bonds. The van der Waals surface area contributed by atoms with Gasteiger partial charge in [-0.05, 0) is 24.0 Å². The van der Waals surface area contributed by atoms with Gasteiger partial charge in [-0.25, -0.2) is 4.79 Å². The second-order valence-electron chi connectivity index (χ2n) is 5.19. The molecule has 94 valence electrons. The lowest BCUT2D eigenvalue weighted by Crippen LogP contribution is -2.13. The highest BCUT2D eigenvalue weighted by atomic mass is 16.5. The molecule has 0 aliphatic carbocycles. The number of nitrogen functional groups attached to an aromatic ring is 1. The molecule has 0 saturated heterocycles. The van der Waals surface area contributed by atoms with Crippen LogP contribution in [0.3, 0.4) is 0 Å². The van der Waals surface area contributed by atoms with Crippen molar-refractivity contribution >= 4 is 11.7 Å². The van der Waals surface area contributed by atoms with Gasteiger partial charge in [0, 0.05) is 0 Å². The molecule has 0 atom stereocenters. The number of hydrogen-bond donors (Lipinski definition) is 2. The maximum absolute atomic E-state index is 11.7. The Kier molecular flexibility index (Phi) is 3.99. The smallest absolute Gasteiger partial charge is 0.341 e. The topological polar surface area (TPSA) is 72.5 Å². The summed E-state index contributed by atoms with van der Waals surface area (Å²) in [6, 6.07) is 4.63. The van der Waals surface area contributed by atoms with E-state index < -0.39 is 5.97 Å². The van der Waals surface area contributed by atoms with Crippen molar-refractivity contribution in [3.63, 3.8) is 0 Å². The summed E-state index contributed by atoms with van der Waals surface area (Å²) in [7, 11) is 0. The van der Waals surface area contributed by atoms with Crippen molar-refractivity contribution in [2.45, 2.75) is 27.2 Å². The first kappa shape index (κ1) is 13.4. The fourth-order valence-corrected chi connectivity index (χ4v) is 1.25. The number of phenols is 1. The van der Waals surface area contributed by atoms with E-state index in [1.54, 1.807) is 6.07 Å². The largest absolute Gasteiger partial charge is 0.505 e. The number of aromatic hydroxyl groups is 1. The molecular weight excluding hydrogens is 218 g/mol. The molecule has 17 heavy (non-hydrogen) atoms. The molecule has 0 spiro atoms. The van der Waals surface area contributed by atoms with Crippen LogP contribution in [0.1, 0.15) is 37.6 Å². The van der Waals surface area contributed by atoms with Crippen LogP contribution in [0.5, 0.6) is 5.75 Å². The predicted molar refractivity (Wildman–Crippen MR) is 66.9 cm³/mol. The van der Waals surface area contributed by atoms with Crippen LogP contribution in [-0.4, -0.2) is 17.7 Å². The number of para-hydroxylation sites is 1. The van der Waals surface area contributed by atoms with Crippen molar-refractivity contribution in [2.24, 2.45) is 5.41 Å². The Hall–Kier alpha value is -1.71. The number of esters is 1. The fraction of sp³-hybridized carbons (Fsp3) is 0.462. The van der Waals surface area contributed by atoms with E-state index in [0.29, 0.717) is 6.61 Å². The van der Waals surface area contributed by atoms with Crippen molar-refractivity contribution in [2.75, 3.05) is 12.3 Å². The molecule has 1 aromatic rings. The number of carbonyl (C=O) groups excluding carboxylic acids is 1. The number of carbonyl (C=O) groups is 1. The molecule has 0 radical (unpaired) electrons. The minimum atomic E-state index is -0.543. The Morgan fingerprint density at radius 2 is 2.06 bits per heavy atom. The summed E-state index contributed by atoms with van der Waals surface area (Å²) >= 11 is 0. The molecule has 0 aromatic heterocycles. The van der Waals surface area contributed by atoms with Crippen LogP contribution in [0.25, 0.3) is 0 Å². The minimum absolute atomic E-state index is 0.109. The third-order valence-electron chi connectivity index (χ3n) is 2.37. The normalized spacial score (nSPS) is 11.2. The molecular formula is C13H19NO3. The lowest BCUT2D eigenvalue weighted by molar-refractivity contribution is 0.0462. The van der Waals surface area contributed by atoms with Crippen molar-refractivity contribution in [3.05, 3.63) is 23.8 Å². The number of phenolic OH excluding ortho intramolecular Hbond substituents is 1. The quantitative estimate of drug-likeness (QED) is 0.481. The van der Waals surface area contributed by atoms with Crippen LogP contribution < -0.4 is 5.73 Å². The van der Waals surface area contributed by atoms with Crippen molar-refractivity contribution in [1.29, 1.82) is 0 Å². The van der Waals surface area contributed by atoms with Crippen LogP contribution in [-0.2, 0) is 4.74 Å². The second kappa shape index (κ2) is 5.08. The number of benzene rings is 1. The van der Waals surface area contributed by atoms with E-state index >= 15 is 0 Å². The summed E-state index contributed by atoms with van der Waals surface area (Å²) in [4.78, 5) is 11.7. The van der Waals surface area contributed by atoms with E-state index in [1.807, 2.05) is 0 Å². The number of hydrogen-bond acceptors (Lipinski definition) is 4. The van der Waals surface area contributed by atoms with E-state index in [9.17, 15) is 9.90 Å². The maximum Gasteiger partial charge on any atom is 0.341 e. The van der Waals surface area contributed by atoms with Gasteiger partial charge in [-0.1, -0.05) is 26.8 Å². The van der Waals surface area contributed by atoms with Gasteiger partial charge >= 0.3 is 5.97 Å². The van der Waals surface area contributed by atoms with Gasteiger partial charge in [-0.2, -0.15) is 0 Å². The zero-order valence-corrected chi connectivity index (χ0v) is 10.5. The standard InChI is InChI=1S/C13H19NO3/c1-13(2,3)7-8-17-12(16)9-5-4-6-10(14)11(9)15/h4-6,15H,7-8,14H2,1-3H3. The molecule has 0 aliphatic heterocycles. The van der Waals surface area contributed by atoms with E-state index in [2.05, 4.69) is 20.8 Å². The van der Waals surface area contributed by atoms with Gasteiger partial charge in [-0.15, -0.1) is 0 Å². The third-order valence-corrected chi connectivity index (χ3v) is 2.37. The number of ether oxygens (including phenoxy) is 1. The summed E-state index contributed by atoms with van der Waals surface area (Å²) in [5, 5.41) is 9.60. The summed E-state index contributed by atoms with van der Waals surface area (Å²) < 4.78 is 5.09. The van der Waals surface area contributed by atoms with Crippen molar-refractivity contribution < 1.29 is 14.6 Å². The first-order valence-electron chi connectivity index (χ1n) is 5.56. The first-order valence-corrected chi connectivity index (χ1v) is 5.56. The van der Waals surface area contributed by atoms with Gasteiger partial charge < -0.3 is 15.6 Å². The highest BCUT2D eigenvalue weighted by Gasteiger charge is 2.16. The molecule has 4 nitrogen and oxygen atoms in total. The Bertz CT molecular complexity index is 408. The van der Waals surface area contributed by atoms with E-state index in [0.717, 1.165) is 6.42 Å². The molecule has 0 fully saturated rings. The summed E-state index contributed by atoms with van der Waals surface area (Å²) in [6.45, 7) is 6.53. The average molecular weight is 237 g/mol. The molecule has 0 aliphatic rings. The van der Waals surface area contributed by atoms with Crippen LogP contribution in [0.2, 0.25) is 0 Å². The Morgan fingerprint density at radius 1 is 1.41 bits per heavy atom. The summed E-state index contributed by atoms with van der Waals surface area (Å²) in [6.07, 6.45) is 0.766. The van der Waals surface area contributed by atoms with Crippen LogP contribution in [0, 0.1) is 5.41 Å². The Morgan fingerprint density at radius 3 is 2.65 bits per heavy atom. The molecule has 1 rings (SSSR count). The van der Waals surface area contributed by atoms with E-state index in [1.165, 1.54) is 12.1 Å². The zero-order chi connectivity index (χ0) is 13.1. The third kappa shape index (κ3) is 3.98. The fourth-order valence-electron chi connectivity index (χ4n) is 1.25. The highest BCUT2D eigenvalue weighted by molar-refractivity contribution is 5.94. The predicted octanol–water partition coefficient (Wildman–Crippen LogP) is 2.57. The number of anilines is 1. The minimum Gasteiger partial charge on any atom is -0.505 e. The number of rotatable bonds is 3. The zero-order valence-electron chi connectivity index (χ0n) is 10.5. The highest BCUT2D eigenvalue weighted by Crippen LogP contribution is 2.25. The molecule has 0 bridgehead atoms. The molecule has 0 saturated carbocycles. The van der Waals surface area contributed by atoms with Crippen molar-refractivity contribution in [1.82, 2.24) is 0 Å². The molecule has 4 heteroatoms. The lowest BCUT2D eigenvalue weighted by atomic mass is 9.93. The van der Waals surface area contributed by atoms with Gasteiger partial charge in [0.25, 0.3) is 0 Å². The maximum atomic E-state index is 11.7. The second-order valence-corrected chi connectivity index (χ2v) is 5.19. The van der Waals surface area contributed by atoms with Crippen LogP contribution in [0.15, 0.2) is 18.2 Å². The molecule has 3 N–H and O–H groups in total. The van der Waals surface area contributed by atoms with Gasteiger partial charge in [-0.3, -0.25) is 0 Å². The van der Waals surface area contributed by atoms with Gasteiger partial charge in [0.15, 0.2) is 5.75 Å². The Labute approximate surface area is 101 Å². The van der Waals surface area contributed by atoms with Gasteiger partial charge in [0.2, 0.25) is 0 Å². The van der Waals surface area contributed by atoms with E-state index in [-0.39, 0.29) is 22.4 Å². The van der Waals surface area contributed by atoms with Crippen LogP contribution in [0.4, 0.5) is 5.69 Å². The monoisotopic (exact) mass is 237 g/mol. The summed E-state index contributed by atoms with van der Waals surface area (Å²) in [5.41, 5.74) is 5.89. The van der Waals surface area contributed by atoms with Crippen LogP contribution >= 0.6 is 0 Å². The summed E-state index contributed by atoms with van der Waals surface area (Å²) in [5.74, 6) is -0.757. The first-order chi connectivity index (χ1) is 7.81. The van der Waals surface area contributed by atoms with Crippen molar-refractivity contribution in [3.8, 4) is 5.75 Å².